The Hall–Kier alpha value is -3.05. The molecule has 0 spiro atoms. The summed E-state index contributed by atoms with van der Waals surface area (Å²) in [4.78, 5) is 12.2. The van der Waals surface area contributed by atoms with E-state index in [1.807, 2.05) is 36.4 Å². The van der Waals surface area contributed by atoms with Gasteiger partial charge < -0.3 is 19.6 Å². The van der Waals surface area contributed by atoms with Gasteiger partial charge in [-0.05, 0) is 47.5 Å². The van der Waals surface area contributed by atoms with E-state index in [4.69, 9.17) is 14.3 Å². The van der Waals surface area contributed by atoms with E-state index in [9.17, 15) is 4.79 Å². The summed E-state index contributed by atoms with van der Waals surface area (Å²) in [7, 11) is 0. The fraction of sp³-hybridized carbons (Fsp3) is 0.150. The van der Waals surface area contributed by atoms with E-state index in [2.05, 4.69) is 5.32 Å². The molecule has 2 aromatic carbocycles. The smallest absolute Gasteiger partial charge is 0.251 e. The predicted molar refractivity (Wildman–Crippen MR) is 93.0 cm³/mol. The van der Waals surface area contributed by atoms with Gasteiger partial charge in [-0.1, -0.05) is 24.3 Å². The van der Waals surface area contributed by atoms with Crippen LogP contribution in [0.1, 0.15) is 27.2 Å². The second-order valence-corrected chi connectivity index (χ2v) is 5.56. The third-order valence-electron chi connectivity index (χ3n) is 3.68. The van der Waals surface area contributed by atoms with Crippen molar-refractivity contribution in [1.82, 2.24) is 5.32 Å². The molecule has 2 N–H and O–H groups in total. The number of carbonyl (C=O) groups excluding carboxylic acids is 1. The molecule has 5 heteroatoms. The number of ether oxygens (including phenoxy) is 1. The van der Waals surface area contributed by atoms with Crippen molar-refractivity contribution in [3.05, 3.63) is 89.4 Å². The van der Waals surface area contributed by atoms with E-state index in [-0.39, 0.29) is 12.5 Å². The number of rotatable bonds is 7. The molecule has 0 saturated heterocycles. The average molecular weight is 337 g/mol. The number of hydrogen-bond donors (Lipinski definition) is 2. The maximum absolute atomic E-state index is 12.2. The Kier molecular flexibility index (Phi) is 5.49. The summed E-state index contributed by atoms with van der Waals surface area (Å²) < 4.78 is 10.9. The zero-order chi connectivity index (χ0) is 17.5. The summed E-state index contributed by atoms with van der Waals surface area (Å²) in [5, 5.41) is 12.0. The Bertz CT molecular complexity index is 827. The highest BCUT2D eigenvalue weighted by molar-refractivity contribution is 5.94. The molecule has 25 heavy (non-hydrogen) atoms. The minimum Gasteiger partial charge on any atom is -0.489 e. The van der Waals surface area contributed by atoms with Crippen LogP contribution in [0.5, 0.6) is 5.75 Å². The number of furan rings is 1. The summed E-state index contributed by atoms with van der Waals surface area (Å²) in [5.74, 6) is 1.22. The summed E-state index contributed by atoms with van der Waals surface area (Å²) in [6.07, 6.45) is 1.57. The average Bonchev–Trinajstić information content (AvgIpc) is 3.18. The largest absolute Gasteiger partial charge is 0.489 e. The lowest BCUT2D eigenvalue weighted by Crippen LogP contribution is -2.22. The van der Waals surface area contributed by atoms with Crippen LogP contribution in [0.3, 0.4) is 0 Å². The lowest BCUT2D eigenvalue weighted by atomic mass is 10.1. The standard InChI is InChI=1S/C20H19NO4/c22-13-15-4-2-7-18(11-15)25-14-16-5-1-6-17(10-16)20(23)21-12-19-8-3-9-24-19/h1-11,22H,12-14H2,(H,21,23). The normalized spacial score (nSPS) is 10.4. The van der Waals surface area contributed by atoms with Gasteiger partial charge in [0.15, 0.2) is 0 Å². The molecule has 5 nitrogen and oxygen atoms in total. The number of carbonyl (C=O) groups is 1. The van der Waals surface area contributed by atoms with Crippen molar-refractivity contribution in [3.63, 3.8) is 0 Å². The van der Waals surface area contributed by atoms with Crippen molar-refractivity contribution >= 4 is 5.91 Å². The molecule has 1 heterocycles. The van der Waals surface area contributed by atoms with Gasteiger partial charge in [0.05, 0.1) is 19.4 Å². The third-order valence-corrected chi connectivity index (χ3v) is 3.68. The van der Waals surface area contributed by atoms with E-state index < -0.39 is 0 Å². The van der Waals surface area contributed by atoms with Crippen molar-refractivity contribution in [2.24, 2.45) is 0 Å². The minimum atomic E-state index is -0.166. The molecule has 3 rings (SSSR count). The molecule has 0 bridgehead atoms. The Morgan fingerprint density at radius 3 is 2.68 bits per heavy atom. The van der Waals surface area contributed by atoms with Gasteiger partial charge in [-0.25, -0.2) is 0 Å². The SMILES string of the molecule is O=C(NCc1ccco1)c1cccc(COc2cccc(CO)c2)c1. The molecule has 0 unspecified atom stereocenters. The molecule has 0 aliphatic carbocycles. The number of amides is 1. The van der Waals surface area contributed by atoms with Crippen molar-refractivity contribution in [2.45, 2.75) is 19.8 Å². The van der Waals surface area contributed by atoms with E-state index >= 15 is 0 Å². The number of aliphatic hydroxyl groups excluding tert-OH is 1. The monoisotopic (exact) mass is 337 g/mol. The quantitative estimate of drug-likeness (QED) is 0.694. The van der Waals surface area contributed by atoms with Crippen LogP contribution in [0.15, 0.2) is 71.3 Å². The maximum atomic E-state index is 12.2. The first kappa shape index (κ1) is 16.8. The zero-order valence-electron chi connectivity index (χ0n) is 13.6. The molecule has 0 saturated carbocycles. The number of aliphatic hydroxyl groups is 1. The summed E-state index contributed by atoms with van der Waals surface area (Å²) >= 11 is 0. The van der Waals surface area contributed by atoms with Gasteiger partial charge >= 0.3 is 0 Å². The van der Waals surface area contributed by atoms with Gasteiger partial charge in [0, 0.05) is 5.56 Å². The van der Waals surface area contributed by atoms with Crippen LogP contribution in [0.2, 0.25) is 0 Å². The first-order valence-corrected chi connectivity index (χ1v) is 7.97. The number of benzene rings is 2. The highest BCUT2D eigenvalue weighted by Gasteiger charge is 2.07. The molecule has 0 atom stereocenters. The third kappa shape index (κ3) is 4.71. The lowest BCUT2D eigenvalue weighted by molar-refractivity contribution is 0.0948. The minimum absolute atomic E-state index is 0.0253. The van der Waals surface area contributed by atoms with Crippen LogP contribution < -0.4 is 10.1 Å². The Morgan fingerprint density at radius 1 is 1.04 bits per heavy atom. The Labute approximate surface area is 145 Å². The fourth-order valence-electron chi connectivity index (χ4n) is 2.39. The van der Waals surface area contributed by atoms with Crippen LogP contribution in [0, 0.1) is 0 Å². The molecule has 3 aromatic rings. The van der Waals surface area contributed by atoms with Gasteiger partial charge in [0.25, 0.3) is 5.91 Å². The van der Waals surface area contributed by atoms with Gasteiger partial charge in [0.1, 0.15) is 18.1 Å². The van der Waals surface area contributed by atoms with Gasteiger partial charge in [-0.2, -0.15) is 0 Å². The molecule has 0 fully saturated rings. The van der Waals surface area contributed by atoms with E-state index in [0.717, 1.165) is 11.1 Å². The van der Waals surface area contributed by atoms with Crippen molar-refractivity contribution in [3.8, 4) is 5.75 Å². The Balaban J connectivity index is 1.59. The van der Waals surface area contributed by atoms with E-state index in [1.54, 1.807) is 30.5 Å². The predicted octanol–water partition coefficient (Wildman–Crippen LogP) is 3.28. The maximum Gasteiger partial charge on any atom is 0.251 e. The van der Waals surface area contributed by atoms with Crippen LogP contribution >= 0.6 is 0 Å². The molecule has 128 valence electrons. The lowest BCUT2D eigenvalue weighted by Gasteiger charge is -2.09. The fourth-order valence-corrected chi connectivity index (χ4v) is 2.39. The molecule has 0 aliphatic rings. The van der Waals surface area contributed by atoms with Gasteiger partial charge in [0.2, 0.25) is 0 Å². The highest BCUT2D eigenvalue weighted by Crippen LogP contribution is 2.16. The highest BCUT2D eigenvalue weighted by atomic mass is 16.5. The van der Waals surface area contributed by atoms with Crippen molar-refractivity contribution in [2.75, 3.05) is 0 Å². The first-order chi connectivity index (χ1) is 12.2. The molecular formula is C20H19NO4. The molecule has 1 amide bonds. The summed E-state index contributed by atoms with van der Waals surface area (Å²) in [6, 6.07) is 18.2. The van der Waals surface area contributed by atoms with Gasteiger partial charge in [-0.3, -0.25) is 4.79 Å². The number of nitrogens with one attached hydrogen (secondary N) is 1. The van der Waals surface area contributed by atoms with Crippen LogP contribution in [0.25, 0.3) is 0 Å². The molecule has 1 aromatic heterocycles. The van der Waals surface area contributed by atoms with Crippen molar-refractivity contribution in [1.29, 1.82) is 0 Å². The topological polar surface area (TPSA) is 71.7 Å². The first-order valence-electron chi connectivity index (χ1n) is 7.97. The van der Waals surface area contributed by atoms with Crippen molar-refractivity contribution < 1.29 is 19.1 Å². The molecule has 0 radical (unpaired) electrons. The van der Waals surface area contributed by atoms with E-state index in [0.29, 0.717) is 30.2 Å². The summed E-state index contributed by atoms with van der Waals surface area (Å²) in [6.45, 7) is 0.664. The second-order valence-electron chi connectivity index (χ2n) is 5.56. The van der Waals surface area contributed by atoms with Crippen LogP contribution in [-0.2, 0) is 19.8 Å². The number of hydrogen-bond acceptors (Lipinski definition) is 4. The van der Waals surface area contributed by atoms with Crippen LogP contribution in [0.4, 0.5) is 0 Å². The zero-order valence-corrected chi connectivity index (χ0v) is 13.6. The Morgan fingerprint density at radius 2 is 1.88 bits per heavy atom. The van der Waals surface area contributed by atoms with Crippen LogP contribution in [-0.4, -0.2) is 11.0 Å². The summed E-state index contributed by atoms with van der Waals surface area (Å²) in [5.41, 5.74) is 2.25. The molecular weight excluding hydrogens is 318 g/mol. The second kappa shape index (κ2) is 8.17. The van der Waals surface area contributed by atoms with Gasteiger partial charge in [-0.15, -0.1) is 0 Å². The van der Waals surface area contributed by atoms with E-state index in [1.165, 1.54) is 0 Å². The molecule has 0 aliphatic heterocycles.